The average molecular weight is 352 g/mol. The number of hydrogen-bond donors (Lipinski definition) is 2. The largest absolute Gasteiger partial charge is 0.506 e. The molecule has 8 nitrogen and oxygen atoms in total. The molecular weight excluding hydrogens is 332 g/mol. The molecule has 0 spiro atoms. The van der Waals surface area contributed by atoms with Gasteiger partial charge in [0, 0.05) is 32.0 Å². The van der Waals surface area contributed by atoms with Crippen molar-refractivity contribution in [3.63, 3.8) is 0 Å². The molecule has 0 atom stereocenters. The molecule has 0 fully saturated rings. The molecule has 2 N–H and O–H groups in total. The lowest BCUT2D eigenvalue weighted by Gasteiger charge is -2.12. The standard InChI is InChI=1S/C13H14N4O.C2H6O3S/c1-17(2)10-6-7-11(12(18)9-10)15-16-13-5-3-4-8-14-13;1-2-6(3,4)5/h3-9,18H,1-2H3;2H2,1H3,(H,3,4,5). The Bertz CT molecular complexity index is 777. The number of pyridine rings is 1. The van der Waals surface area contributed by atoms with Crippen molar-refractivity contribution in [3.05, 3.63) is 42.6 Å². The Balaban J connectivity index is 0.000000413. The number of rotatable bonds is 4. The molecule has 1 aromatic carbocycles. The summed E-state index contributed by atoms with van der Waals surface area (Å²) in [5, 5.41) is 17.7. The molecule has 9 heteroatoms. The summed E-state index contributed by atoms with van der Waals surface area (Å²) in [6.07, 6.45) is 1.64. The minimum absolute atomic E-state index is 0.0980. The van der Waals surface area contributed by atoms with Crippen LogP contribution >= 0.6 is 0 Å². The average Bonchev–Trinajstić information content (AvgIpc) is 2.54. The van der Waals surface area contributed by atoms with E-state index in [-0.39, 0.29) is 11.5 Å². The van der Waals surface area contributed by atoms with E-state index in [1.165, 1.54) is 6.92 Å². The first-order chi connectivity index (χ1) is 11.2. The van der Waals surface area contributed by atoms with E-state index >= 15 is 0 Å². The highest BCUT2D eigenvalue weighted by atomic mass is 32.2. The second-order valence-electron chi connectivity index (χ2n) is 4.83. The minimum Gasteiger partial charge on any atom is -0.506 e. The van der Waals surface area contributed by atoms with E-state index in [1.54, 1.807) is 24.4 Å². The second kappa shape index (κ2) is 8.94. The molecule has 24 heavy (non-hydrogen) atoms. The maximum Gasteiger partial charge on any atom is 0.264 e. The van der Waals surface area contributed by atoms with Gasteiger partial charge in [0.25, 0.3) is 10.1 Å². The normalized spacial score (nSPS) is 11.0. The summed E-state index contributed by atoms with van der Waals surface area (Å²) in [6.45, 7) is 1.37. The molecule has 0 aliphatic rings. The summed E-state index contributed by atoms with van der Waals surface area (Å²) in [4.78, 5) is 5.92. The number of benzene rings is 1. The Morgan fingerprint density at radius 3 is 2.29 bits per heavy atom. The van der Waals surface area contributed by atoms with Gasteiger partial charge in [-0.05, 0) is 31.2 Å². The molecule has 0 saturated heterocycles. The number of azo groups is 1. The zero-order valence-electron chi connectivity index (χ0n) is 13.7. The van der Waals surface area contributed by atoms with Crippen molar-refractivity contribution in [2.24, 2.45) is 10.2 Å². The Labute approximate surface area is 141 Å². The number of anilines is 1. The summed E-state index contributed by atoms with van der Waals surface area (Å²) in [6, 6.07) is 10.6. The first kappa shape index (κ1) is 19.5. The number of phenols is 1. The molecule has 0 amide bonds. The number of aromatic hydroxyl groups is 1. The van der Waals surface area contributed by atoms with Gasteiger partial charge in [0.15, 0.2) is 5.82 Å². The fraction of sp³-hybridized carbons (Fsp3) is 0.267. The van der Waals surface area contributed by atoms with Gasteiger partial charge in [-0.1, -0.05) is 6.07 Å². The quantitative estimate of drug-likeness (QED) is 0.645. The first-order valence-electron chi connectivity index (χ1n) is 7.01. The zero-order chi connectivity index (χ0) is 18.2. The highest BCUT2D eigenvalue weighted by Crippen LogP contribution is 2.31. The van der Waals surface area contributed by atoms with E-state index < -0.39 is 10.1 Å². The highest BCUT2D eigenvalue weighted by molar-refractivity contribution is 7.85. The third-order valence-corrected chi connectivity index (χ3v) is 3.48. The molecule has 0 saturated carbocycles. The maximum atomic E-state index is 9.82. The van der Waals surface area contributed by atoms with Crippen molar-refractivity contribution < 1.29 is 18.1 Å². The van der Waals surface area contributed by atoms with Crippen molar-refractivity contribution in [1.29, 1.82) is 0 Å². The molecule has 0 radical (unpaired) electrons. The lowest BCUT2D eigenvalue weighted by atomic mass is 10.2. The van der Waals surface area contributed by atoms with E-state index in [9.17, 15) is 13.5 Å². The zero-order valence-corrected chi connectivity index (χ0v) is 14.5. The van der Waals surface area contributed by atoms with Gasteiger partial charge in [-0.25, -0.2) is 4.98 Å². The molecule has 2 rings (SSSR count). The van der Waals surface area contributed by atoms with Crippen LogP contribution in [0.3, 0.4) is 0 Å². The van der Waals surface area contributed by atoms with Crippen LogP contribution in [0, 0.1) is 0 Å². The van der Waals surface area contributed by atoms with E-state index in [0.29, 0.717) is 11.5 Å². The Hall–Kier alpha value is -2.52. The van der Waals surface area contributed by atoms with Gasteiger partial charge in [-0.2, -0.15) is 8.42 Å². The molecule has 0 aliphatic carbocycles. The summed E-state index contributed by atoms with van der Waals surface area (Å²) in [5.41, 5.74) is 1.33. The molecule has 1 heterocycles. The first-order valence-corrected chi connectivity index (χ1v) is 8.62. The molecule has 0 bridgehead atoms. The van der Waals surface area contributed by atoms with Gasteiger partial charge in [0.05, 0.1) is 5.75 Å². The highest BCUT2D eigenvalue weighted by Gasteiger charge is 2.03. The summed E-state index contributed by atoms with van der Waals surface area (Å²) in [7, 11) is 0.151. The summed E-state index contributed by atoms with van der Waals surface area (Å²) >= 11 is 0. The van der Waals surface area contributed by atoms with Gasteiger partial charge in [-0.3, -0.25) is 4.55 Å². The molecule has 1 aromatic heterocycles. The lowest BCUT2D eigenvalue weighted by Crippen LogP contribution is -2.07. The SMILES string of the molecule is CCS(=O)(=O)O.CN(C)c1ccc(N=Nc2ccccn2)c(O)c1. The fourth-order valence-electron chi connectivity index (χ4n) is 1.39. The van der Waals surface area contributed by atoms with Crippen molar-refractivity contribution in [2.75, 3.05) is 24.7 Å². The molecular formula is C15H20N4O4S. The van der Waals surface area contributed by atoms with Gasteiger partial charge >= 0.3 is 0 Å². The lowest BCUT2D eigenvalue weighted by molar-refractivity contribution is 0.476. The van der Waals surface area contributed by atoms with E-state index in [0.717, 1.165) is 5.69 Å². The predicted molar refractivity (Wildman–Crippen MR) is 92.9 cm³/mol. The van der Waals surface area contributed by atoms with E-state index in [1.807, 2.05) is 37.2 Å². The van der Waals surface area contributed by atoms with Gasteiger partial charge in [0.1, 0.15) is 11.4 Å². The molecule has 2 aromatic rings. The van der Waals surface area contributed by atoms with Crippen LogP contribution in [0.15, 0.2) is 52.8 Å². The number of aromatic nitrogens is 1. The molecule has 0 unspecified atom stereocenters. The van der Waals surface area contributed by atoms with Gasteiger partial charge in [0.2, 0.25) is 0 Å². The number of phenolic OH excluding ortho intramolecular Hbond substituents is 1. The second-order valence-corrected chi connectivity index (χ2v) is 6.57. The van der Waals surface area contributed by atoms with Crippen LogP contribution in [0.2, 0.25) is 0 Å². The van der Waals surface area contributed by atoms with Gasteiger partial charge in [-0.15, -0.1) is 10.2 Å². The third-order valence-electron chi connectivity index (χ3n) is 2.75. The van der Waals surface area contributed by atoms with Crippen LogP contribution in [0.5, 0.6) is 5.75 Å². The van der Waals surface area contributed by atoms with Crippen LogP contribution in [0.1, 0.15) is 6.92 Å². The summed E-state index contributed by atoms with van der Waals surface area (Å²) < 4.78 is 26.9. The van der Waals surface area contributed by atoms with Crippen molar-refractivity contribution in [2.45, 2.75) is 6.92 Å². The van der Waals surface area contributed by atoms with Crippen LogP contribution in [0.4, 0.5) is 17.2 Å². The topological polar surface area (TPSA) is 115 Å². The van der Waals surface area contributed by atoms with E-state index in [2.05, 4.69) is 15.2 Å². The van der Waals surface area contributed by atoms with Crippen molar-refractivity contribution in [1.82, 2.24) is 4.98 Å². The van der Waals surface area contributed by atoms with Crippen LogP contribution in [-0.2, 0) is 10.1 Å². The third kappa shape index (κ3) is 7.16. The number of hydrogen-bond acceptors (Lipinski definition) is 7. The van der Waals surface area contributed by atoms with Crippen LogP contribution in [0.25, 0.3) is 0 Å². The molecule has 130 valence electrons. The predicted octanol–water partition coefficient (Wildman–Crippen LogP) is 3.16. The van der Waals surface area contributed by atoms with Crippen molar-refractivity contribution in [3.8, 4) is 5.75 Å². The monoisotopic (exact) mass is 352 g/mol. The Morgan fingerprint density at radius 1 is 1.17 bits per heavy atom. The maximum absolute atomic E-state index is 9.82. The van der Waals surface area contributed by atoms with Crippen LogP contribution < -0.4 is 4.90 Å². The Morgan fingerprint density at radius 2 is 1.83 bits per heavy atom. The van der Waals surface area contributed by atoms with Crippen LogP contribution in [-0.4, -0.2) is 42.9 Å². The smallest absolute Gasteiger partial charge is 0.264 e. The summed E-state index contributed by atoms with van der Waals surface area (Å²) in [5.74, 6) is 0.405. The minimum atomic E-state index is -3.66. The fourth-order valence-corrected chi connectivity index (χ4v) is 1.39. The number of nitrogens with zero attached hydrogens (tertiary/aromatic N) is 4. The van der Waals surface area contributed by atoms with Crippen molar-refractivity contribution >= 4 is 27.3 Å². The Kier molecular flexibility index (Phi) is 7.28. The van der Waals surface area contributed by atoms with Gasteiger partial charge < -0.3 is 10.0 Å². The van der Waals surface area contributed by atoms with E-state index in [4.69, 9.17) is 4.55 Å². The molecule has 0 aliphatic heterocycles.